The lowest BCUT2D eigenvalue weighted by Gasteiger charge is -2.35. The summed E-state index contributed by atoms with van der Waals surface area (Å²) >= 11 is 3.70. The van der Waals surface area contributed by atoms with Crippen molar-refractivity contribution >= 4 is 88.0 Å². The molecule has 2 aliphatic rings. The molecule has 22 aromatic rings. The largest absolute Gasteiger partial charge is 0.356 e. The van der Waals surface area contributed by atoms with Crippen LogP contribution in [0.1, 0.15) is 51.9 Å². The van der Waals surface area contributed by atoms with Gasteiger partial charge in [0.05, 0.1) is 38.6 Å². The smallest absolute Gasteiger partial charge is 0.0714 e. The number of rotatable bonds is 15. The SMILES string of the molecule is Brc1ccccc1-c1cccc(-c2ccc3c4ccccc4n(-c4ccccc4)c3c2)c1.C.c1ccc(N(c2ccc3c(c2)C(c2ccccc2)(c2ccccc2)c2ccccc2-3)c2ccccc2-c2cccc(-c3ccc4c5ccccc5n(-c5ccccc5)c4c3)c2)cc1.c1ccc(Nc2ccc3c(c2)C(c2ccccc2)(c2ccccc2)c2ccccc2-3)cc1. The Morgan fingerprint density at radius 3 is 1.05 bits per heavy atom. The average molecular weight is 1700 g/mol. The van der Waals surface area contributed by atoms with Crippen LogP contribution in [0.3, 0.4) is 0 Å². The first kappa shape index (κ1) is 79.3. The highest BCUT2D eigenvalue weighted by Gasteiger charge is 2.48. The predicted octanol–water partition coefficient (Wildman–Crippen LogP) is 33.3. The predicted molar refractivity (Wildman–Crippen MR) is 543 cm³/mol. The molecule has 20 aromatic carbocycles. The maximum absolute atomic E-state index is 3.70. The Kier molecular flexibility index (Phi) is 21.2. The molecule has 2 aliphatic carbocycles. The van der Waals surface area contributed by atoms with Crippen molar-refractivity contribution in [1.29, 1.82) is 0 Å². The van der Waals surface area contributed by atoms with Crippen LogP contribution in [-0.2, 0) is 10.8 Å². The average Bonchev–Trinajstić information content (AvgIpc) is 1.54. The van der Waals surface area contributed by atoms with Crippen molar-refractivity contribution in [1.82, 2.24) is 9.13 Å². The molecule has 1 N–H and O–H groups in total. The van der Waals surface area contributed by atoms with Crippen molar-refractivity contribution in [2.24, 2.45) is 0 Å². The summed E-state index contributed by atoms with van der Waals surface area (Å²) < 4.78 is 5.87. The van der Waals surface area contributed by atoms with E-state index in [9.17, 15) is 0 Å². The van der Waals surface area contributed by atoms with Gasteiger partial charge in [-0.25, -0.2) is 0 Å². The molecule has 0 unspecified atom stereocenters. The fourth-order valence-electron chi connectivity index (χ4n) is 20.1. The van der Waals surface area contributed by atoms with Gasteiger partial charge in [-0.1, -0.05) is 412 Å². The van der Waals surface area contributed by atoms with Crippen molar-refractivity contribution in [3.63, 3.8) is 0 Å². The standard InChI is InChI=1S/C61H42N2.C31H23N.C30H20BrN.CH4/c1-5-22-46(23-6-1)61(47-24-7-2-8-25-47)56-33-16-13-31-52(56)53-39-37-50(42-57(53)61)62(48-26-9-3-10-27-48)58-34-17-14-30-51(58)45-21-19-20-43(40-45)44-36-38-55-54-32-15-18-35-59(54)63(60(55)41-44)49-28-11-4-12-29-49;1-4-12-23(13-5-1)31(24-14-6-2-7-15-24)29-19-11-10-18-27(29)28-21-20-26(22-30(28)31)32-25-16-8-3-9-17-25;31-28-15-6-4-13-25(28)23-10-8-9-21(19-23)22-17-18-27-26-14-5-7-16-29(26)32(30(27)20-22)24-11-2-1-3-12-24;/h1-42H;1-22,32H;1-20H;1H4. The van der Waals surface area contributed by atoms with Gasteiger partial charge in [-0.2, -0.15) is 0 Å². The second-order valence-electron chi connectivity index (χ2n) is 32.7. The highest BCUT2D eigenvalue weighted by atomic mass is 79.9. The van der Waals surface area contributed by atoms with Gasteiger partial charge in [-0.15, -0.1) is 0 Å². The molecule has 0 aliphatic heterocycles. The minimum atomic E-state index is -0.506. The summed E-state index contributed by atoms with van der Waals surface area (Å²) in [4.78, 5) is 2.44. The maximum atomic E-state index is 3.70. The van der Waals surface area contributed by atoms with Crippen LogP contribution in [0.4, 0.5) is 28.4 Å². The Bertz CT molecular complexity index is 7700. The van der Waals surface area contributed by atoms with Gasteiger partial charge in [0, 0.05) is 65.7 Å². The van der Waals surface area contributed by atoms with Crippen molar-refractivity contribution in [3.05, 3.63) is 559 Å². The van der Waals surface area contributed by atoms with Gasteiger partial charge in [0.2, 0.25) is 0 Å². The molecule has 0 bridgehead atoms. The summed E-state index contributed by atoms with van der Waals surface area (Å²) in [5, 5.41) is 8.66. The zero-order valence-corrected chi connectivity index (χ0v) is 71.3. The Labute approximate surface area is 756 Å². The number of nitrogens with one attached hydrogen (secondary N) is 1. The third-order valence-corrected chi connectivity index (χ3v) is 26.3. The Hall–Kier alpha value is -15.9. The van der Waals surface area contributed by atoms with Crippen LogP contribution in [0, 0.1) is 0 Å². The van der Waals surface area contributed by atoms with Crippen LogP contribution in [-0.4, -0.2) is 9.13 Å². The van der Waals surface area contributed by atoms with E-state index in [0.29, 0.717) is 0 Å². The van der Waals surface area contributed by atoms with E-state index in [1.165, 1.54) is 149 Å². The van der Waals surface area contributed by atoms with Crippen LogP contribution in [0.2, 0.25) is 0 Å². The van der Waals surface area contributed by atoms with E-state index in [1.54, 1.807) is 0 Å². The third-order valence-electron chi connectivity index (χ3n) is 25.6. The van der Waals surface area contributed by atoms with Crippen molar-refractivity contribution in [2.75, 3.05) is 10.2 Å². The van der Waals surface area contributed by atoms with Crippen LogP contribution in [0.5, 0.6) is 0 Å². The molecule has 4 nitrogen and oxygen atoms in total. The fraction of sp³-hybridized carbons (Fsp3) is 0.0244. The maximum Gasteiger partial charge on any atom is 0.0714 e. The molecule has 0 radical (unpaired) electrons. The fourth-order valence-corrected chi connectivity index (χ4v) is 20.7. The zero-order valence-electron chi connectivity index (χ0n) is 69.7. The molecular weight excluding hydrogens is 1610 g/mol. The van der Waals surface area contributed by atoms with Gasteiger partial charge in [-0.3, -0.25) is 0 Å². The van der Waals surface area contributed by atoms with Gasteiger partial charge >= 0.3 is 0 Å². The van der Waals surface area contributed by atoms with Crippen LogP contribution in [0.25, 0.3) is 122 Å². The number of halogens is 1. The number of aromatic nitrogens is 2. The van der Waals surface area contributed by atoms with Crippen molar-refractivity contribution < 1.29 is 0 Å². The van der Waals surface area contributed by atoms with E-state index in [2.05, 4.69) is 533 Å². The van der Waals surface area contributed by atoms with Crippen LogP contribution < -0.4 is 10.2 Å². The van der Waals surface area contributed by atoms with Gasteiger partial charge < -0.3 is 19.4 Å². The van der Waals surface area contributed by atoms with Gasteiger partial charge in [0.15, 0.2) is 0 Å². The first-order valence-electron chi connectivity index (χ1n) is 43.5. The molecule has 2 aromatic heterocycles. The highest BCUT2D eigenvalue weighted by Crippen LogP contribution is 2.60. The summed E-state index contributed by atoms with van der Waals surface area (Å²) in [5.41, 5.74) is 36.8. The summed E-state index contributed by atoms with van der Waals surface area (Å²) in [5.74, 6) is 0. The minimum Gasteiger partial charge on any atom is -0.356 e. The molecule has 0 saturated heterocycles. The Balaban J connectivity index is 0.000000128. The molecule has 0 atom stereocenters. The molecule has 128 heavy (non-hydrogen) atoms. The van der Waals surface area contributed by atoms with E-state index < -0.39 is 5.41 Å². The first-order chi connectivity index (χ1) is 62.9. The van der Waals surface area contributed by atoms with E-state index in [0.717, 1.165) is 49.7 Å². The molecule has 0 saturated carbocycles. The third kappa shape index (κ3) is 14.0. The van der Waals surface area contributed by atoms with Crippen LogP contribution >= 0.6 is 15.9 Å². The second kappa shape index (κ2) is 34.3. The van der Waals surface area contributed by atoms with E-state index >= 15 is 0 Å². The number of hydrogen-bond acceptors (Lipinski definition) is 2. The topological polar surface area (TPSA) is 25.1 Å². The Morgan fingerprint density at radius 1 is 0.211 bits per heavy atom. The minimum absolute atomic E-state index is 0. The molecule has 2 heterocycles. The summed E-state index contributed by atoms with van der Waals surface area (Å²) in [6.45, 7) is 0. The summed E-state index contributed by atoms with van der Waals surface area (Å²) in [7, 11) is 0. The lowest BCUT2D eigenvalue weighted by molar-refractivity contribution is 0.768. The first-order valence-corrected chi connectivity index (χ1v) is 44.3. The number of nitrogens with zero attached hydrogens (tertiary/aromatic N) is 3. The number of para-hydroxylation sites is 7. The quantitative estimate of drug-likeness (QED) is 0.111. The number of anilines is 5. The van der Waals surface area contributed by atoms with Gasteiger partial charge in [-0.05, 0) is 227 Å². The summed E-state index contributed by atoms with van der Waals surface area (Å²) in [6, 6.07) is 184. The number of fused-ring (bicyclic) bond motifs is 12. The molecular formula is C123H89BrN4. The lowest BCUT2D eigenvalue weighted by atomic mass is 9.67. The Morgan fingerprint density at radius 2 is 0.562 bits per heavy atom. The molecule has 24 rings (SSSR count). The molecule has 0 spiro atoms. The van der Waals surface area contributed by atoms with Gasteiger partial charge in [0.25, 0.3) is 0 Å². The highest BCUT2D eigenvalue weighted by molar-refractivity contribution is 9.10. The van der Waals surface area contributed by atoms with E-state index in [1.807, 2.05) is 12.1 Å². The number of hydrogen-bond donors (Lipinski definition) is 1. The second-order valence-corrected chi connectivity index (χ2v) is 33.6. The molecule has 0 amide bonds. The molecule has 608 valence electrons. The van der Waals surface area contributed by atoms with Crippen molar-refractivity contribution in [3.8, 4) is 78.1 Å². The zero-order chi connectivity index (χ0) is 84.6. The van der Waals surface area contributed by atoms with Crippen molar-refractivity contribution in [2.45, 2.75) is 18.3 Å². The van der Waals surface area contributed by atoms with E-state index in [4.69, 9.17) is 0 Å². The number of benzene rings is 20. The monoisotopic (exact) mass is 1700 g/mol. The molecule has 0 fully saturated rings. The molecule has 5 heteroatoms. The van der Waals surface area contributed by atoms with E-state index in [-0.39, 0.29) is 12.8 Å². The van der Waals surface area contributed by atoms with Gasteiger partial charge in [0.1, 0.15) is 0 Å². The summed E-state index contributed by atoms with van der Waals surface area (Å²) in [6.07, 6.45) is 0. The lowest BCUT2D eigenvalue weighted by Crippen LogP contribution is -2.28. The van der Waals surface area contributed by atoms with Crippen LogP contribution in [0.15, 0.2) is 514 Å². The normalized spacial score (nSPS) is 12.3.